The zero-order chi connectivity index (χ0) is 7.72. The van der Waals surface area contributed by atoms with Crippen LogP contribution >= 0.6 is 0 Å². The summed E-state index contributed by atoms with van der Waals surface area (Å²) >= 11 is 0. The number of nitrogens with zero attached hydrogens (tertiary/aromatic N) is 1. The van der Waals surface area contributed by atoms with Crippen molar-refractivity contribution in [2.45, 2.75) is 31.8 Å². The molecule has 0 aliphatic carbocycles. The molecule has 3 heteroatoms. The quantitative estimate of drug-likeness (QED) is 0.587. The van der Waals surface area contributed by atoms with Gasteiger partial charge in [0.25, 0.3) is 0 Å². The molecular formula is C7H14N2O. The minimum atomic E-state index is -0.188. The number of primary amides is 1. The second-order valence-electron chi connectivity index (χ2n) is 2.88. The van der Waals surface area contributed by atoms with E-state index >= 15 is 0 Å². The van der Waals surface area contributed by atoms with Gasteiger partial charge in [-0.2, -0.15) is 0 Å². The average Bonchev–Trinajstić information content (AvgIpc) is 1.85. The fourth-order valence-corrected chi connectivity index (χ4v) is 1.48. The third-order valence-corrected chi connectivity index (χ3v) is 2.36. The van der Waals surface area contributed by atoms with E-state index in [1.807, 2.05) is 11.9 Å². The Morgan fingerprint density at radius 3 is 2.70 bits per heavy atom. The van der Waals surface area contributed by atoms with Gasteiger partial charge >= 0.3 is 0 Å². The van der Waals surface area contributed by atoms with Crippen LogP contribution in [0, 0.1) is 0 Å². The van der Waals surface area contributed by atoms with Crippen LogP contribution in [0.2, 0.25) is 0 Å². The topological polar surface area (TPSA) is 46.3 Å². The molecule has 2 atom stereocenters. The van der Waals surface area contributed by atoms with Gasteiger partial charge in [-0.25, -0.2) is 0 Å². The van der Waals surface area contributed by atoms with Gasteiger partial charge in [0.15, 0.2) is 0 Å². The highest BCUT2D eigenvalue weighted by Gasteiger charge is 2.37. The smallest absolute Gasteiger partial charge is 0.234 e. The number of carbonyl (C=O) groups is 1. The molecule has 3 nitrogen and oxygen atoms in total. The second kappa shape index (κ2) is 2.58. The summed E-state index contributed by atoms with van der Waals surface area (Å²) in [5.74, 6) is -0.188. The van der Waals surface area contributed by atoms with Crippen molar-refractivity contribution in [3.63, 3.8) is 0 Å². The fraction of sp³-hybridized carbons (Fsp3) is 0.857. The van der Waals surface area contributed by atoms with E-state index in [2.05, 4.69) is 6.92 Å². The molecule has 1 rings (SSSR count). The van der Waals surface area contributed by atoms with Crippen LogP contribution < -0.4 is 5.73 Å². The van der Waals surface area contributed by atoms with Crippen LogP contribution in [0.4, 0.5) is 0 Å². The van der Waals surface area contributed by atoms with Gasteiger partial charge in [0.1, 0.15) is 0 Å². The molecule has 1 heterocycles. The molecule has 1 aliphatic heterocycles. The summed E-state index contributed by atoms with van der Waals surface area (Å²) in [7, 11) is 1.95. The van der Waals surface area contributed by atoms with Gasteiger partial charge in [-0.1, -0.05) is 6.92 Å². The lowest BCUT2D eigenvalue weighted by Crippen LogP contribution is -2.58. The van der Waals surface area contributed by atoms with Crippen LogP contribution in [-0.4, -0.2) is 29.9 Å². The Hall–Kier alpha value is -0.570. The lowest BCUT2D eigenvalue weighted by atomic mass is 9.91. The normalized spacial score (nSPS) is 33.4. The molecule has 10 heavy (non-hydrogen) atoms. The largest absolute Gasteiger partial charge is 0.368 e. The Balaban J connectivity index is 2.39. The molecule has 1 fully saturated rings. The highest BCUT2D eigenvalue weighted by atomic mass is 16.1. The molecule has 0 radical (unpaired) electrons. The second-order valence-corrected chi connectivity index (χ2v) is 2.88. The van der Waals surface area contributed by atoms with Gasteiger partial charge in [-0.3, -0.25) is 9.69 Å². The number of amides is 1. The molecule has 2 unspecified atom stereocenters. The molecule has 0 aromatic rings. The van der Waals surface area contributed by atoms with Crippen LogP contribution in [0.5, 0.6) is 0 Å². The van der Waals surface area contributed by atoms with Crippen molar-refractivity contribution in [3.05, 3.63) is 0 Å². The molecule has 0 saturated carbocycles. The summed E-state index contributed by atoms with van der Waals surface area (Å²) in [5, 5.41) is 0. The highest BCUT2D eigenvalue weighted by Crippen LogP contribution is 2.24. The number of nitrogens with two attached hydrogens (primary N) is 1. The number of hydrogen-bond acceptors (Lipinski definition) is 2. The minimum Gasteiger partial charge on any atom is -0.368 e. The van der Waals surface area contributed by atoms with Crippen LogP contribution in [0.25, 0.3) is 0 Å². The molecule has 1 amide bonds. The van der Waals surface area contributed by atoms with Crippen LogP contribution in [0.15, 0.2) is 0 Å². The highest BCUT2D eigenvalue weighted by molar-refractivity contribution is 5.80. The summed E-state index contributed by atoms with van der Waals surface area (Å²) in [6, 6.07) is 0.586. The minimum absolute atomic E-state index is 0.00458. The van der Waals surface area contributed by atoms with Crippen LogP contribution in [0.1, 0.15) is 19.8 Å². The molecular weight excluding hydrogens is 128 g/mol. The lowest BCUT2D eigenvalue weighted by molar-refractivity contribution is -0.129. The number of carbonyl (C=O) groups excluding carboxylic acids is 1. The molecule has 2 N–H and O–H groups in total. The first-order valence-electron chi connectivity index (χ1n) is 3.68. The van der Waals surface area contributed by atoms with Gasteiger partial charge in [0.05, 0.1) is 6.04 Å². The molecule has 1 aliphatic rings. The zero-order valence-corrected chi connectivity index (χ0v) is 6.50. The van der Waals surface area contributed by atoms with E-state index in [-0.39, 0.29) is 11.9 Å². The fourth-order valence-electron chi connectivity index (χ4n) is 1.48. The average molecular weight is 142 g/mol. The first kappa shape index (κ1) is 7.54. The van der Waals surface area contributed by atoms with Crippen LogP contribution in [0.3, 0.4) is 0 Å². The van der Waals surface area contributed by atoms with E-state index in [1.165, 1.54) is 0 Å². The Labute approximate surface area is 61.2 Å². The summed E-state index contributed by atoms with van der Waals surface area (Å²) in [4.78, 5) is 12.7. The van der Waals surface area contributed by atoms with E-state index in [1.54, 1.807) is 0 Å². The Morgan fingerprint density at radius 2 is 2.40 bits per heavy atom. The first-order valence-corrected chi connectivity index (χ1v) is 3.68. The SMILES string of the molecule is CCC1CC(C(N)=O)N1C. The molecule has 1 saturated heterocycles. The Bertz CT molecular complexity index is 147. The van der Waals surface area contributed by atoms with Crippen molar-refractivity contribution in [1.82, 2.24) is 4.90 Å². The molecule has 0 aromatic heterocycles. The third kappa shape index (κ3) is 1.01. The number of rotatable bonds is 2. The van der Waals surface area contributed by atoms with Crippen LogP contribution in [-0.2, 0) is 4.79 Å². The van der Waals surface area contributed by atoms with Crippen molar-refractivity contribution in [2.24, 2.45) is 5.73 Å². The Morgan fingerprint density at radius 1 is 1.80 bits per heavy atom. The van der Waals surface area contributed by atoms with Gasteiger partial charge in [-0.15, -0.1) is 0 Å². The van der Waals surface area contributed by atoms with Crippen molar-refractivity contribution < 1.29 is 4.79 Å². The van der Waals surface area contributed by atoms with Crippen molar-refractivity contribution in [1.29, 1.82) is 0 Å². The van der Waals surface area contributed by atoms with Crippen molar-refractivity contribution >= 4 is 5.91 Å². The predicted octanol–water partition coefficient (Wildman–Crippen LogP) is -0.0456. The van der Waals surface area contributed by atoms with Crippen molar-refractivity contribution in [3.8, 4) is 0 Å². The number of likely N-dealkylation sites (N-methyl/N-ethyl adjacent to an activating group) is 1. The molecule has 58 valence electrons. The maximum Gasteiger partial charge on any atom is 0.234 e. The standard InChI is InChI=1S/C7H14N2O/c1-3-5-4-6(7(8)10)9(5)2/h5-6H,3-4H2,1-2H3,(H2,8,10). The van der Waals surface area contributed by atoms with E-state index < -0.39 is 0 Å². The zero-order valence-electron chi connectivity index (χ0n) is 6.50. The van der Waals surface area contributed by atoms with Gasteiger partial charge < -0.3 is 5.73 Å². The van der Waals surface area contributed by atoms with Gasteiger partial charge in [0.2, 0.25) is 5.91 Å². The first-order chi connectivity index (χ1) is 4.66. The predicted molar refractivity (Wildman–Crippen MR) is 39.4 cm³/mol. The summed E-state index contributed by atoms with van der Waals surface area (Å²) in [6.07, 6.45) is 2.06. The third-order valence-electron chi connectivity index (χ3n) is 2.36. The lowest BCUT2D eigenvalue weighted by Gasteiger charge is -2.44. The maximum atomic E-state index is 10.6. The molecule has 0 bridgehead atoms. The Kier molecular flexibility index (Phi) is 1.94. The molecule has 0 aromatic carbocycles. The van der Waals surface area contributed by atoms with Gasteiger partial charge in [0, 0.05) is 6.04 Å². The summed E-state index contributed by atoms with van der Waals surface area (Å²) in [6.45, 7) is 2.12. The molecule has 0 spiro atoms. The van der Waals surface area contributed by atoms with E-state index in [0.717, 1.165) is 12.8 Å². The van der Waals surface area contributed by atoms with Crippen molar-refractivity contribution in [2.75, 3.05) is 7.05 Å². The summed E-state index contributed by atoms with van der Waals surface area (Å²) in [5.41, 5.74) is 5.12. The number of likely N-dealkylation sites (tertiary alicyclic amines) is 1. The van der Waals surface area contributed by atoms with E-state index in [0.29, 0.717) is 6.04 Å². The van der Waals surface area contributed by atoms with E-state index in [9.17, 15) is 4.79 Å². The maximum absolute atomic E-state index is 10.6. The van der Waals surface area contributed by atoms with E-state index in [4.69, 9.17) is 5.73 Å². The number of hydrogen-bond donors (Lipinski definition) is 1. The monoisotopic (exact) mass is 142 g/mol. The summed E-state index contributed by atoms with van der Waals surface area (Å²) < 4.78 is 0. The van der Waals surface area contributed by atoms with Gasteiger partial charge in [-0.05, 0) is 19.9 Å².